The van der Waals surface area contributed by atoms with E-state index in [0.29, 0.717) is 0 Å². The first-order valence-corrected chi connectivity index (χ1v) is 8.23. The molecular formula is C16H22N2O8. The molecule has 0 saturated carbocycles. The second-order valence-electron chi connectivity index (χ2n) is 5.50. The number of rotatable bonds is 6. The minimum atomic E-state index is -0.910. The molecule has 2 aliphatic rings. The highest BCUT2D eigenvalue weighted by atomic mass is 16.6. The molecule has 0 aromatic carbocycles. The topological polar surface area (TPSA) is 135 Å². The number of nitrogens with one attached hydrogen (secondary N) is 1. The van der Waals surface area contributed by atoms with Gasteiger partial charge in [0.15, 0.2) is 5.57 Å². The lowest BCUT2D eigenvalue weighted by Gasteiger charge is -2.29. The van der Waals surface area contributed by atoms with E-state index in [4.69, 9.17) is 19.3 Å². The van der Waals surface area contributed by atoms with Crippen LogP contribution >= 0.6 is 0 Å². The highest BCUT2D eigenvalue weighted by Gasteiger charge is 2.39. The summed E-state index contributed by atoms with van der Waals surface area (Å²) >= 11 is 0. The molecule has 2 aliphatic heterocycles. The van der Waals surface area contributed by atoms with Gasteiger partial charge in [0.25, 0.3) is 0 Å². The Morgan fingerprint density at radius 3 is 2.38 bits per heavy atom. The van der Waals surface area contributed by atoms with Crippen molar-refractivity contribution < 1.29 is 38.8 Å². The molecule has 0 aliphatic carbocycles. The van der Waals surface area contributed by atoms with Crippen LogP contribution in [0.5, 0.6) is 0 Å². The Hall–Kier alpha value is -2.43. The molecule has 0 bridgehead atoms. The quantitative estimate of drug-likeness (QED) is 0.244. The third kappa shape index (κ3) is 4.21. The number of nitrogens with zero attached hydrogens (tertiary/aromatic N) is 1. The Kier molecular flexibility index (Phi) is 6.72. The second-order valence-corrected chi connectivity index (χ2v) is 5.50. The average Bonchev–Trinajstić information content (AvgIpc) is 2.96. The van der Waals surface area contributed by atoms with E-state index in [9.17, 15) is 19.5 Å². The number of esters is 2. The van der Waals surface area contributed by atoms with Gasteiger partial charge >= 0.3 is 18.0 Å². The summed E-state index contributed by atoms with van der Waals surface area (Å²) in [6.07, 6.45) is 0.306. The molecule has 0 radical (unpaired) electrons. The van der Waals surface area contributed by atoms with Crippen molar-refractivity contribution in [3.05, 3.63) is 23.5 Å². The summed E-state index contributed by atoms with van der Waals surface area (Å²) in [4.78, 5) is 37.6. The van der Waals surface area contributed by atoms with Crippen LogP contribution in [0.2, 0.25) is 0 Å². The minimum absolute atomic E-state index is 0.0507. The van der Waals surface area contributed by atoms with E-state index < -0.39 is 42.0 Å². The summed E-state index contributed by atoms with van der Waals surface area (Å²) in [5.74, 6) is -1.82. The third-order valence-corrected chi connectivity index (χ3v) is 3.80. The molecule has 10 heteroatoms. The van der Waals surface area contributed by atoms with Gasteiger partial charge in [-0.15, -0.1) is 0 Å². The molecule has 144 valence electrons. The maximum atomic E-state index is 12.4. The first-order chi connectivity index (χ1) is 12.4. The first-order valence-electron chi connectivity index (χ1n) is 8.23. The summed E-state index contributed by atoms with van der Waals surface area (Å²) in [6.45, 7) is 2.90. The zero-order valence-electron chi connectivity index (χ0n) is 14.5. The maximum Gasteiger partial charge on any atom is 0.347 e. The molecule has 3 N–H and O–H groups in total. The standard InChI is InChI=1S/C16H22N2O8/c1-3-24-14(21)13(15(22)25-4-2)9-5-6-18(16(23)17-9)12-7-10(20)11(8-19)26-12/h5-6,10-12,19-20H,3-4,7-8H2,1-2H3,(H,17,23)/t10-,11+,12+/m0/s1. The van der Waals surface area contributed by atoms with Crippen LogP contribution in [0.3, 0.4) is 0 Å². The smallest absolute Gasteiger partial charge is 0.347 e. The van der Waals surface area contributed by atoms with Gasteiger partial charge in [0, 0.05) is 12.6 Å². The number of hydrogen-bond donors (Lipinski definition) is 3. The van der Waals surface area contributed by atoms with Crippen LogP contribution in [0.15, 0.2) is 23.5 Å². The lowest BCUT2D eigenvalue weighted by Crippen LogP contribution is -2.46. The minimum Gasteiger partial charge on any atom is -0.462 e. The monoisotopic (exact) mass is 370 g/mol. The molecule has 3 atom stereocenters. The summed E-state index contributed by atoms with van der Waals surface area (Å²) in [5.41, 5.74) is -0.473. The SMILES string of the molecule is CCOC(=O)C(C(=O)OCC)=C1C=CN([C@H]2C[C@H](O)[C@@H](CO)O2)C(=O)N1. The van der Waals surface area contributed by atoms with Crippen molar-refractivity contribution in [1.29, 1.82) is 0 Å². The summed E-state index contributed by atoms with van der Waals surface area (Å²) in [6, 6.07) is -0.663. The van der Waals surface area contributed by atoms with Crippen molar-refractivity contribution in [2.45, 2.75) is 38.7 Å². The number of carbonyl (C=O) groups is 3. The van der Waals surface area contributed by atoms with Crippen molar-refractivity contribution in [3.63, 3.8) is 0 Å². The second kappa shape index (κ2) is 8.79. The van der Waals surface area contributed by atoms with Crippen LogP contribution in [0.1, 0.15) is 20.3 Å². The van der Waals surface area contributed by atoms with Gasteiger partial charge in [0.05, 0.1) is 31.6 Å². The molecule has 2 amide bonds. The van der Waals surface area contributed by atoms with Gasteiger partial charge in [-0.05, 0) is 19.9 Å². The fourth-order valence-corrected chi connectivity index (χ4v) is 2.58. The molecule has 1 fully saturated rings. The zero-order valence-corrected chi connectivity index (χ0v) is 14.5. The van der Waals surface area contributed by atoms with Crippen LogP contribution in [0.25, 0.3) is 0 Å². The fourth-order valence-electron chi connectivity index (χ4n) is 2.58. The Morgan fingerprint density at radius 2 is 1.92 bits per heavy atom. The summed E-state index contributed by atoms with van der Waals surface area (Å²) < 4.78 is 15.1. The number of amides is 2. The van der Waals surface area contributed by atoms with Crippen molar-refractivity contribution >= 4 is 18.0 Å². The predicted octanol–water partition coefficient (Wildman–Crippen LogP) is -0.626. The van der Waals surface area contributed by atoms with Crippen LogP contribution in [0.4, 0.5) is 4.79 Å². The Bertz CT molecular complexity index is 610. The summed E-state index contributed by atoms with van der Waals surface area (Å²) in [7, 11) is 0. The van der Waals surface area contributed by atoms with Crippen LogP contribution in [-0.4, -0.2) is 71.3 Å². The maximum absolute atomic E-state index is 12.4. The Balaban J connectivity index is 2.25. The molecule has 10 nitrogen and oxygen atoms in total. The van der Waals surface area contributed by atoms with E-state index in [2.05, 4.69) is 5.32 Å². The lowest BCUT2D eigenvalue weighted by atomic mass is 10.1. The molecule has 0 spiro atoms. The van der Waals surface area contributed by atoms with Gasteiger partial charge < -0.3 is 29.7 Å². The number of ether oxygens (including phenoxy) is 3. The third-order valence-electron chi connectivity index (χ3n) is 3.80. The van der Waals surface area contributed by atoms with E-state index >= 15 is 0 Å². The van der Waals surface area contributed by atoms with E-state index in [0.717, 1.165) is 4.90 Å². The van der Waals surface area contributed by atoms with E-state index in [1.807, 2.05) is 0 Å². The largest absolute Gasteiger partial charge is 0.462 e. The summed E-state index contributed by atoms with van der Waals surface area (Å²) in [5, 5.41) is 21.3. The van der Waals surface area contributed by atoms with E-state index in [1.54, 1.807) is 13.8 Å². The molecule has 1 saturated heterocycles. The van der Waals surface area contributed by atoms with Crippen molar-refractivity contribution in [3.8, 4) is 0 Å². The molecule has 0 aromatic heterocycles. The number of hydrogen-bond acceptors (Lipinski definition) is 8. The molecular weight excluding hydrogens is 348 g/mol. The fraction of sp³-hybridized carbons (Fsp3) is 0.562. The van der Waals surface area contributed by atoms with Gasteiger partial charge in [-0.2, -0.15) is 0 Å². The highest BCUT2D eigenvalue weighted by Crippen LogP contribution is 2.25. The number of allylic oxidation sites excluding steroid dienone is 1. The zero-order chi connectivity index (χ0) is 19.3. The number of urea groups is 1. The predicted molar refractivity (Wildman–Crippen MR) is 86.2 cm³/mol. The van der Waals surface area contributed by atoms with Gasteiger partial charge in [-0.1, -0.05) is 0 Å². The number of aliphatic hydroxyl groups is 2. The van der Waals surface area contributed by atoms with E-state index in [1.165, 1.54) is 12.3 Å². The van der Waals surface area contributed by atoms with E-state index in [-0.39, 0.29) is 31.9 Å². The molecule has 0 aromatic rings. The van der Waals surface area contributed by atoms with Crippen LogP contribution in [0, 0.1) is 0 Å². The van der Waals surface area contributed by atoms with Crippen molar-refractivity contribution in [2.75, 3.05) is 19.8 Å². The van der Waals surface area contributed by atoms with Crippen molar-refractivity contribution in [1.82, 2.24) is 10.2 Å². The number of aliphatic hydroxyl groups excluding tert-OH is 2. The molecule has 2 rings (SSSR count). The van der Waals surface area contributed by atoms with Gasteiger partial charge in [0.2, 0.25) is 0 Å². The molecule has 0 unspecified atom stereocenters. The van der Waals surface area contributed by atoms with Crippen molar-refractivity contribution in [2.24, 2.45) is 0 Å². The average molecular weight is 370 g/mol. The van der Waals surface area contributed by atoms with Crippen LogP contribution in [-0.2, 0) is 23.8 Å². The van der Waals surface area contributed by atoms with Gasteiger partial charge in [0.1, 0.15) is 12.3 Å². The normalized spacial score (nSPS) is 25.1. The van der Waals surface area contributed by atoms with Gasteiger partial charge in [-0.25, -0.2) is 14.4 Å². The van der Waals surface area contributed by atoms with Gasteiger partial charge in [-0.3, -0.25) is 4.90 Å². The first kappa shape index (κ1) is 19.9. The Morgan fingerprint density at radius 1 is 1.31 bits per heavy atom. The van der Waals surface area contributed by atoms with Crippen LogP contribution < -0.4 is 5.32 Å². The molecule has 26 heavy (non-hydrogen) atoms. The Labute approximate surface area is 150 Å². The highest BCUT2D eigenvalue weighted by molar-refractivity contribution is 6.15. The lowest BCUT2D eigenvalue weighted by molar-refractivity contribution is -0.146. The molecule has 2 heterocycles. The number of carbonyl (C=O) groups excluding carboxylic acids is 3.